The first-order valence-electron chi connectivity index (χ1n) is 20.8. The molecule has 0 N–H and O–H groups in total. The van der Waals surface area contributed by atoms with Crippen molar-refractivity contribution in [1.29, 1.82) is 0 Å². The van der Waals surface area contributed by atoms with Crippen LogP contribution in [0.3, 0.4) is 0 Å². The molecule has 6 heteroatoms. The summed E-state index contributed by atoms with van der Waals surface area (Å²) in [4.78, 5) is 19.9. The van der Waals surface area contributed by atoms with Crippen LogP contribution in [0.4, 0.5) is 0 Å². The summed E-state index contributed by atoms with van der Waals surface area (Å²) in [7, 11) is 0. The first-order valence-corrected chi connectivity index (χ1v) is 20.8. The van der Waals surface area contributed by atoms with Gasteiger partial charge in [0.05, 0.1) is 27.8 Å². The lowest BCUT2D eigenvalue weighted by molar-refractivity contribution is 1.07. The molecule has 0 spiro atoms. The fraction of sp³-hybridized carbons (Fsp3) is 0. The van der Waals surface area contributed by atoms with Gasteiger partial charge in [-0.1, -0.05) is 152 Å². The second kappa shape index (κ2) is 14.7. The van der Waals surface area contributed by atoms with Crippen molar-refractivity contribution in [3.05, 3.63) is 219 Å². The third-order valence-corrected chi connectivity index (χ3v) is 11.8. The van der Waals surface area contributed by atoms with Crippen LogP contribution in [-0.4, -0.2) is 29.1 Å². The molecule has 0 aliphatic heterocycles. The van der Waals surface area contributed by atoms with Crippen LogP contribution in [0.15, 0.2) is 219 Å². The first-order chi connectivity index (χ1) is 30.7. The maximum atomic E-state index is 5.02. The van der Waals surface area contributed by atoms with Crippen molar-refractivity contribution < 1.29 is 0 Å². The number of hydrogen-bond acceptors (Lipinski definition) is 4. The van der Waals surface area contributed by atoms with Crippen molar-refractivity contribution in [1.82, 2.24) is 29.1 Å². The van der Waals surface area contributed by atoms with Gasteiger partial charge in [-0.05, 0) is 71.8 Å². The second-order valence-corrected chi connectivity index (χ2v) is 15.5. The Bertz CT molecular complexity index is 3570. The summed E-state index contributed by atoms with van der Waals surface area (Å²) in [5, 5.41) is 4.77. The van der Waals surface area contributed by atoms with E-state index in [4.69, 9.17) is 19.9 Å². The van der Waals surface area contributed by atoms with E-state index in [1.807, 2.05) is 72.9 Å². The highest BCUT2D eigenvalue weighted by Gasteiger charge is 2.19. The van der Waals surface area contributed by atoms with Crippen LogP contribution in [0.5, 0.6) is 0 Å². The lowest BCUT2D eigenvalue weighted by Gasteiger charge is -2.12. The molecule has 4 aromatic heterocycles. The molecule has 12 aromatic rings. The van der Waals surface area contributed by atoms with Crippen molar-refractivity contribution in [3.63, 3.8) is 0 Å². The average Bonchev–Trinajstić information content (AvgIpc) is 3.87. The average molecular weight is 793 g/mol. The molecular formula is C56H36N6. The minimum absolute atomic E-state index is 0.593. The van der Waals surface area contributed by atoms with Crippen LogP contribution in [0.25, 0.3) is 112 Å². The molecule has 0 atom stereocenters. The summed E-state index contributed by atoms with van der Waals surface area (Å²) in [6.07, 6.45) is 1.86. The molecule has 8 aromatic carbocycles. The van der Waals surface area contributed by atoms with E-state index >= 15 is 0 Å². The SMILES string of the molecule is c1ccc(-c2nc(-c3ccccc3)nc(-c3ccnc(-c4cccc5c4c4ccccc4n5-c4cccc(-c5ccc6c7ccccc7n(-c7ccccc7)c6c5)c4)c3)n2)cc1. The second-order valence-electron chi connectivity index (χ2n) is 15.5. The van der Waals surface area contributed by atoms with Gasteiger partial charge < -0.3 is 9.13 Å². The molecule has 0 unspecified atom stereocenters. The number of rotatable bonds is 7. The van der Waals surface area contributed by atoms with E-state index < -0.39 is 0 Å². The number of pyridine rings is 1. The Balaban J connectivity index is 0.991. The quantitative estimate of drug-likeness (QED) is 0.161. The molecule has 0 radical (unpaired) electrons. The number of fused-ring (bicyclic) bond motifs is 6. The Labute approximate surface area is 357 Å². The molecule has 0 aliphatic carbocycles. The van der Waals surface area contributed by atoms with E-state index in [2.05, 4.69) is 155 Å². The smallest absolute Gasteiger partial charge is 0.164 e. The van der Waals surface area contributed by atoms with Crippen molar-refractivity contribution in [3.8, 4) is 67.9 Å². The molecule has 0 amide bonds. The zero-order valence-electron chi connectivity index (χ0n) is 33.5. The highest BCUT2D eigenvalue weighted by molar-refractivity contribution is 6.16. The summed E-state index contributed by atoms with van der Waals surface area (Å²) >= 11 is 0. The minimum Gasteiger partial charge on any atom is -0.309 e. The first kappa shape index (κ1) is 35.5. The van der Waals surface area contributed by atoms with Crippen LogP contribution in [0.1, 0.15) is 0 Å². The highest BCUT2D eigenvalue weighted by Crippen LogP contribution is 2.40. The molecule has 0 aliphatic rings. The van der Waals surface area contributed by atoms with E-state index in [-0.39, 0.29) is 0 Å². The maximum Gasteiger partial charge on any atom is 0.164 e. The van der Waals surface area contributed by atoms with Gasteiger partial charge in [0.1, 0.15) is 0 Å². The summed E-state index contributed by atoms with van der Waals surface area (Å²) in [6, 6.07) is 74.4. The monoisotopic (exact) mass is 792 g/mol. The molecule has 0 saturated carbocycles. The normalized spacial score (nSPS) is 11.5. The summed E-state index contributed by atoms with van der Waals surface area (Å²) in [5.74, 6) is 1.84. The molecule has 62 heavy (non-hydrogen) atoms. The van der Waals surface area contributed by atoms with E-state index in [0.717, 1.165) is 72.3 Å². The number of para-hydroxylation sites is 3. The Morgan fingerprint density at radius 2 is 0.823 bits per heavy atom. The predicted molar refractivity (Wildman–Crippen MR) is 253 cm³/mol. The molecular weight excluding hydrogens is 757 g/mol. The van der Waals surface area contributed by atoms with Gasteiger partial charge >= 0.3 is 0 Å². The fourth-order valence-corrected chi connectivity index (χ4v) is 9.00. The summed E-state index contributed by atoms with van der Waals surface area (Å²) in [5.41, 5.74) is 13.7. The van der Waals surface area contributed by atoms with Crippen LogP contribution >= 0.6 is 0 Å². The van der Waals surface area contributed by atoms with Gasteiger partial charge in [-0.15, -0.1) is 0 Å². The van der Waals surface area contributed by atoms with Gasteiger partial charge in [0.15, 0.2) is 17.5 Å². The van der Waals surface area contributed by atoms with Crippen molar-refractivity contribution >= 4 is 43.6 Å². The fourth-order valence-electron chi connectivity index (χ4n) is 9.00. The highest BCUT2D eigenvalue weighted by atomic mass is 15.0. The lowest BCUT2D eigenvalue weighted by Crippen LogP contribution is -2.00. The number of benzene rings is 8. The Kier molecular flexibility index (Phi) is 8.38. The van der Waals surface area contributed by atoms with Crippen LogP contribution in [-0.2, 0) is 0 Å². The van der Waals surface area contributed by atoms with Crippen molar-refractivity contribution in [2.45, 2.75) is 0 Å². The molecule has 0 fully saturated rings. The third-order valence-electron chi connectivity index (χ3n) is 11.8. The van der Waals surface area contributed by atoms with E-state index in [0.29, 0.717) is 17.5 Å². The number of hydrogen-bond donors (Lipinski definition) is 0. The molecule has 4 heterocycles. The zero-order valence-corrected chi connectivity index (χ0v) is 33.5. The predicted octanol–water partition coefficient (Wildman–Crippen LogP) is 13.8. The molecule has 6 nitrogen and oxygen atoms in total. The molecule has 12 rings (SSSR count). The van der Waals surface area contributed by atoms with Crippen LogP contribution in [0, 0.1) is 0 Å². The summed E-state index contributed by atoms with van der Waals surface area (Å²) in [6.45, 7) is 0. The standard InChI is InChI=1S/C56H36N6/c1-4-16-37(17-5-1)54-58-55(38-18-6-2-7-19-38)60-56(59-54)41-32-33-57-48(35-41)46-26-15-29-51-53(46)47-25-11-13-28-50(47)62(51)43-23-14-20-39(34-43)40-30-31-45-44-24-10-12-27-49(44)61(52(45)36-40)42-21-8-3-9-22-42/h1-36H. The number of aromatic nitrogens is 6. The lowest BCUT2D eigenvalue weighted by atomic mass is 10.0. The maximum absolute atomic E-state index is 5.02. The molecule has 0 bridgehead atoms. The minimum atomic E-state index is 0.593. The largest absolute Gasteiger partial charge is 0.309 e. The van der Waals surface area contributed by atoms with Gasteiger partial charge in [0.2, 0.25) is 0 Å². The van der Waals surface area contributed by atoms with Gasteiger partial charge in [-0.2, -0.15) is 0 Å². The molecule has 0 saturated heterocycles. The Morgan fingerprint density at radius 1 is 0.306 bits per heavy atom. The van der Waals surface area contributed by atoms with E-state index in [1.165, 1.54) is 21.8 Å². The van der Waals surface area contributed by atoms with Crippen molar-refractivity contribution in [2.75, 3.05) is 0 Å². The van der Waals surface area contributed by atoms with Gasteiger partial charge in [-0.25, -0.2) is 15.0 Å². The van der Waals surface area contributed by atoms with E-state index in [1.54, 1.807) is 0 Å². The topological polar surface area (TPSA) is 61.4 Å². The van der Waals surface area contributed by atoms with Gasteiger partial charge in [0, 0.05) is 61.4 Å². The number of nitrogens with zero attached hydrogens (tertiary/aromatic N) is 6. The van der Waals surface area contributed by atoms with Gasteiger partial charge in [-0.3, -0.25) is 4.98 Å². The Morgan fingerprint density at radius 3 is 1.55 bits per heavy atom. The van der Waals surface area contributed by atoms with Crippen LogP contribution < -0.4 is 0 Å². The molecule has 290 valence electrons. The van der Waals surface area contributed by atoms with Crippen LogP contribution in [0.2, 0.25) is 0 Å². The Hall–Kier alpha value is -8.48. The van der Waals surface area contributed by atoms with Gasteiger partial charge in [0.25, 0.3) is 0 Å². The van der Waals surface area contributed by atoms with Crippen molar-refractivity contribution in [2.24, 2.45) is 0 Å². The zero-order chi connectivity index (χ0) is 41.0. The van der Waals surface area contributed by atoms with E-state index in [9.17, 15) is 0 Å². The third kappa shape index (κ3) is 5.96. The summed E-state index contributed by atoms with van der Waals surface area (Å²) < 4.78 is 4.76.